The number of carboxylic acids is 2. The van der Waals surface area contributed by atoms with Gasteiger partial charge in [-0.25, -0.2) is 9.59 Å². The van der Waals surface area contributed by atoms with Crippen LogP contribution in [0.1, 0.15) is 25.0 Å². The number of aliphatic carboxylic acids is 2. The van der Waals surface area contributed by atoms with E-state index in [1.165, 1.54) is 11.1 Å². The number of rotatable bonds is 5. The van der Waals surface area contributed by atoms with E-state index in [9.17, 15) is 9.59 Å². The molecule has 0 amide bonds. The Labute approximate surface area is 164 Å². The summed E-state index contributed by atoms with van der Waals surface area (Å²) in [6.07, 6.45) is -2.49. The zero-order valence-corrected chi connectivity index (χ0v) is 15.9. The van der Waals surface area contributed by atoms with Crippen LogP contribution < -0.4 is 11.5 Å². The fraction of sp³-hybridized carbons (Fsp3) is 0.300. The van der Waals surface area contributed by atoms with Crippen LogP contribution in [0.15, 0.2) is 48.5 Å². The highest BCUT2D eigenvalue weighted by Crippen LogP contribution is 2.10. The molecule has 8 N–H and O–H groups in total. The van der Waals surface area contributed by atoms with Crippen LogP contribution in [-0.2, 0) is 22.4 Å². The quantitative estimate of drug-likeness (QED) is 0.417. The zero-order valence-electron chi connectivity index (χ0n) is 15.9. The number of aliphatic hydroxyl groups excluding tert-OH is 2. The summed E-state index contributed by atoms with van der Waals surface area (Å²) in [5.41, 5.74) is 15.5. The van der Waals surface area contributed by atoms with Gasteiger partial charge in [0, 0.05) is 11.4 Å². The summed E-state index contributed by atoms with van der Waals surface area (Å²) in [6.45, 7) is 4.21. The second kappa shape index (κ2) is 13.1. The minimum Gasteiger partial charge on any atom is -0.479 e. The van der Waals surface area contributed by atoms with Gasteiger partial charge in [-0.05, 0) is 36.1 Å². The molecular weight excluding hydrogens is 364 g/mol. The minimum atomic E-state index is -2.27. The van der Waals surface area contributed by atoms with E-state index < -0.39 is 24.1 Å². The highest BCUT2D eigenvalue weighted by molar-refractivity contribution is 5.83. The van der Waals surface area contributed by atoms with Gasteiger partial charge in [0.15, 0.2) is 12.2 Å². The van der Waals surface area contributed by atoms with Crippen molar-refractivity contribution in [1.82, 2.24) is 0 Å². The van der Waals surface area contributed by atoms with Gasteiger partial charge < -0.3 is 31.9 Å². The number of hydrogen-bond donors (Lipinski definition) is 6. The van der Waals surface area contributed by atoms with Crippen LogP contribution in [0.3, 0.4) is 0 Å². The molecule has 0 aromatic heterocycles. The summed E-state index contributed by atoms with van der Waals surface area (Å²) in [7, 11) is 0. The van der Waals surface area contributed by atoms with Crippen molar-refractivity contribution in [3.05, 3.63) is 59.7 Å². The van der Waals surface area contributed by atoms with E-state index in [1.54, 1.807) is 0 Å². The van der Waals surface area contributed by atoms with Crippen LogP contribution in [0.2, 0.25) is 0 Å². The van der Waals surface area contributed by atoms with Crippen molar-refractivity contribution in [3.8, 4) is 0 Å². The number of anilines is 2. The maximum atomic E-state index is 9.77. The lowest BCUT2D eigenvalue weighted by atomic mass is 10.1. The van der Waals surface area contributed by atoms with E-state index in [0.717, 1.165) is 24.2 Å². The number of nitrogen functional groups attached to an aromatic ring is 2. The van der Waals surface area contributed by atoms with E-state index in [1.807, 2.05) is 36.4 Å². The van der Waals surface area contributed by atoms with Gasteiger partial charge in [-0.2, -0.15) is 0 Å². The second-order valence-corrected chi connectivity index (χ2v) is 5.67. The van der Waals surface area contributed by atoms with Gasteiger partial charge in [0.05, 0.1) is 0 Å². The Morgan fingerprint density at radius 3 is 1.21 bits per heavy atom. The first-order valence-corrected chi connectivity index (χ1v) is 8.64. The molecule has 2 aromatic carbocycles. The topological polar surface area (TPSA) is 167 Å². The lowest BCUT2D eigenvalue weighted by Crippen LogP contribution is -2.39. The maximum absolute atomic E-state index is 9.77. The first-order chi connectivity index (χ1) is 13.1. The Bertz CT molecular complexity index is 687. The molecule has 0 heterocycles. The highest BCUT2D eigenvalue weighted by Gasteiger charge is 2.29. The largest absolute Gasteiger partial charge is 0.479 e. The highest BCUT2D eigenvalue weighted by atomic mass is 16.4. The molecule has 154 valence electrons. The molecule has 0 aliphatic rings. The molecule has 2 atom stereocenters. The molecule has 8 heteroatoms. The number of carboxylic acid groups (broad SMARTS) is 2. The Balaban J connectivity index is 0.000000391. The number of hydrogen-bond acceptors (Lipinski definition) is 6. The maximum Gasteiger partial charge on any atom is 0.335 e. The smallest absolute Gasteiger partial charge is 0.335 e. The van der Waals surface area contributed by atoms with Crippen LogP contribution in [0, 0.1) is 0 Å². The average Bonchev–Trinajstić information content (AvgIpc) is 2.68. The summed E-state index contributed by atoms with van der Waals surface area (Å²) in [5.74, 6) is -3.54. The number of aryl methyl sites for hydroxylation is 2. The molecule has 0 radical (unpaired) electrons. The number of benzene rings is 2. The van der Waals surface area contributed by atoms with Crippen molar-refractivity contribution in [1.29, 1.82) is 0 Å². The van der Waals surface area contributed by atoms with Crippen molar-refractivity contribution in [3.63, 3.8) is 0 Å². The molecule has 0 saturated heterocycles. The SMILES string of the molecule is CCc1ccccc1N.CCc1ccccc1N.O=C(O)C(O)C(O)C(=O)O. The van der Waals surface area contributed by atoms with Gasteiger partial charge in [-0.3, -0.25) is 0 Å². The predicted octanol–water partition coefficient (Wildman–Crippen LogP) is 1.54. The number of nitrogens with two attached hydrogens (primary N) is 2. The van der Waals surface area contributed by atoms with Crippen LogP contribution in [-0.4, -0.2) is 44.6 Å². The molecule has 28 heavy (non-hydrogen) atoms. The van der Waals surface area contributed by atoms with E-state index in [4.69, 9.17) is 31.9 Å². The normalized spacial score (nSPS) is 11.7. The fourth-order valence-corrected chi connectivity index (χ4v) is 1.98. The van der Waals surface area contributed by atoms with Crippen LogP contribution in [0.25, 0.3) is 0 Å². The molecule has 0 aliphatic carbocycles. The molecule has 0 bridgehead atoms. The van der Waals surface area contributed by atoms with Crippen molar-refractivity contribution < 1.29 is 30.0 Å². The third kappa shape index (κ3) is 9.02. The van der Waals surface area contributed by atoms with E-state index in [-0.39, 0.29) is 0 Å². The van der Waals surface area contributed by atoms with E-state index >= 15 is 0 Å². The lowest BCUT2D eigenvalue weighted by Gasteiger charge is -2.07. The van der Waals surface area contributed by atoms with Gasteiger partial charge in [0.2, 0.25) is 0 Å². The molecule has 0 saturated carbocycles. The van der Waals surface area contributed by atoms with Crippen molar-refractivity contribution in [2.24, 2.45) is 0 Å². The Morgan fingerprint density at radius 2 is 1.04 bits per heavy atom. The van der Waals surface area contributed by atoms with Crippen LogP contribution in [0.4, 0.5) is 11.4 Å². The summed E-state index contributed by atoms with van der Waals surface area (Å²) in [6, 6.07) is 15.9. The average molecular weight is 392 g/mol. The van der Waals surface area contributed by atoms with E-state index in [2.05, 4.69) is 26.0 Å². The van der Waals surface area contributed by atoms with Gasteiger partial charge >= 0.3 is 11.9 Å². The first-order valence-electron chi connectivity index (χ1n) is 8.64. The van der Waals surface area contributed by atoms with Gasteiger partial charge in [-0.1, -0.05) is 50.2 Å². The standard InChI is InChI=1S/2C8H11N.C4H6O6/c2*1-2-7-5-3-4-6-8(7)9;5-1(3(7)8)2(6)4(9)10/h2*3-6H,2,9H2,1H3;1-2,5-6H,(H,7,8)(H,9,10). The molecule has 0 fully saturated rings. The van der Waals surface area contributed by atoms with Crippen LogP contribution >= 0.6 is 0 Å². The first kappa shape index (κ1) is 24.9. The van der Waals surface area contributed by atoms with Crippen LogP contribution in [0.5, 0.6) is 0 Å². The Kier molecular flexibility index (Phi) is 11.7. The third-order valence-corrected chi connectivity index (χ3v) is 3.68. The molecule has 8 nitrogen and oxygen atoms in total. The summed E-state index contributed by atoms with van der Waals surface area (Å²) >= 11 is 0. The van der Waals surface area contributed by atoms with Gasteiger partial charge in [0.1, 0.15) is 0 Å². The Morgan fingerprint density at radius 1 is 0.750 bits per heavy atom. The molecular formula is C20H28N2O6. The molecule has 2 rings (SSSR count). The second-order valence-electron chi connectivity index (χ2n) is 5.67. The lowest BCUT2D eigenvalue weighted by molar-refractivity contribution is -0.165. The third-order valence-electron chi connectivity index (χ3n) is 3.68. The monoisotopic (exact) mass is 392 g/mol. The van der Waals surface area contributed by atoms with Gasteiger partial charge in [-0.15, -0.1) is 0 Å². The van der Waals surface area contributed by atoms with Crippen molar-refractivity contribution in [2.45, 2.75) is 38.9 Å². The summed E-state index contributed by atoms with van der Waals surface area (Å²) in [5, 5.41) is 32.5. The van der Waals surface area contributed by atoms with E-state index in [0.29, 0.717) is 0 Å². The summed E-state index contributed by atoms with van der Waals surface area (Å²) < 4.78 is 0. The predicted molar refractivity (Wildman–Crippen MR) is 108 cm³/mol. The fourth-order valence-electron chi connectivity index (χ4n) is 1.98. The van der Waals surface area contributed by atoms with Crippen molar-refractivity contribution in [2.75, 3.05) is 11.5 Å². The summed E-state index contributed by atoms with van der Waals surface area (Å²) in [4.78, 5) is 19.5. The van der Waals surface area contributed by atoms with Gasteiger partial charge in [0.25, 0.3) is 0 Å². The molecule has 2 unspecified atom stereocenters. The van der Waals surface area contributed by atoms with Crippen molar-refractivity contribution >= 4 is 23.3 Å². The number of para-hydroxylation sites is 2. The Hall–Kier alpha value is -3.10. The minimum absolute atomic E-state index is 0.903. The molecule has 0 spiro atoms. The number of aliphatic hydroxyl groups is 2. The zero-order chi connectivity index (χ0) is 21.7. The number of carbonyl (C=O) groups is 2. The molecule has 2 aromatic rings. The molecule has 0 aliphatic heterocycles.